The molecule has 1 aromatic heterocycles. The van der Waals surface area contributed by atoms with Crippen LogP contribution in [-0.4, -0.2) is 32.8 Å². The molecule has 0 fully saturated rings. The molecule has 0 saturated heterocycles. The highest BCUT2D eigenvalue weighted by molar-refractivity contribution is 6.35. The van der Waals surface area contributed by atoms with E-state index in [9.17, 15) is 9.59 Å². The number of carbonyl (C=O) groups excluding carboxylic acids is 1. The van der Waals surface area contributed by atoms with Crippen LogP contribution in [-0.2, 0) is 4.79 Å². The topological polar surface area (TPSA) is 84.2 Å². The molecule has 2 N–H and O–H groups in total. The zero-order chi connectivity index (χ0) is 26.9. The van der Waals surface area contributed by atoms with Gasteiger partial charge >= 0.3 is 5.97 Å². The second-order valence-corrected chi connectivity index (χ2v) is 10.00. The number of hydrogen-bond donors (Lipinski definition) is 2. The van der Waals surface area contributed by atoms with Crippen LogP contribution < -0.4 is 5.32 Å². The first-order valence-electron chi connectivity index (χ1n) is 11.8. The van der Waals surface area contributed by atoms with Crippen molar-refractivity contribution in [3.63, 3.8) is 0 Å². The van der Waals surface area contributed by atoms with E-state index in [1.54, 1.807) is 18.2 Å². The monoisotopic (exact) mass is 535 g/mol. The van der Waals surface area contributed by atoms with Gasteiger partial charge in [-0.1, -0.05) is 59.1 Å². The van der Waals surface area contributed by atoms with Gasteiger partial charge in [-0.2, -0.15) is 5.10 Å². The molecule has 190 valence electrons. The number of amides is 1. The quantitative estimate of drug-likeness (QED) is 0.268. The predicted molar refractivity (Wildman–Crippen MR) is 147 cm³/mol. The fraction of sp³-hybridized carbons (Fsp3) is 0.207. The van der Waals surface area contributed by atoms with Crippen LogP contribution in [0, 0.1) is 13.8 Å². The van der Waals surface area contributed by atoms with E-state index in [1.807, 2.05) is 48.9 Å². The number of carbonyl (C=O) groups is 2. The van der Waals surface area contributed by atoms with E-state index >= 15 is 0 Å². The van der Waals surface area contributed by atoms with Crippen molar-refractivity contribution in [3.05, 3.63) is 99.0 Å². The van der Waals surface area contributed by atoms with Crippen LogP contribution in [0.1, 0.15) is 46.9 Å². The third-order valence-electron chi connectivity index (χ3n) is 6.31. The fourth-order valence-corrected chi connectivity index (χ4v) is 4.82. The number of hydrogen-bond acceptors (Lipinski definition) is 3. The molecule has 4 rings (SSSR count). The van der Waals surface area contributed by atoms with Crippen LogP contribution in [0.25, 0.3) is 22.5 Å². The lowest BCUT2D eigenvalue weighted by molar-refractivity contribution is -0.138. The molecule has 8 heteroatoms. The maximum Gasteiger partial charge on any atom is 0.325 e. The number of nitrogens with one attached hydrogen (secondary N) is 1. The molecule has 0 radical (unpaired) electrons. The number of halogens is 2. The van der Waals surface area contributed by atoms with E-state index in [-0.39, 0.29) is 6.04 Å². The number of aliphatic carboxylic acids is 1. The molecule has 0 saturated carbocycles. The average molecular weight is 536 g/mol. The van der Waals surface area contributed by atoms with E-state index in [2.05, 4.69) is 30.4 Å². The van der Waals surface area contributed by atoms with Crippen LogP contribution in [0.2, 0.25) is 10.0 Å². The van der Waals surface area contributed by atoms with Crippen molar-refractivity contribution in [3.8, 4) is 22.5 Å². The second kappa shape index (κ2) is 10.8. The molecule has 0 aliphatic heterocycles. The number of benzene rings is 3. The summed E-state index contributed by atoms with van der Waals surface area (Å²) in [7, 11) is 0. The fourth-order valence-electron chi connectivity index (χ4n) is 4.30. The van der Waals surface area contributed by atoms with Gasteiger partial charge in [-0.3, -0.25) is 14.3 Å². The number of rotatable bonds is 7. The minimum Gasteiger partial charge on any atom is -0.480 e. The summed E-state index contributed by atoms with van der Waals surface area (Å²) in [6, 6.07) is 19.6. The molecule has 0 spiro atoms. The number of aryl methyl sites for hydroxylation is 1. The van der Waals surface area contributed by atoms with Crippen molar-refractivity contribution < 1.29 is 14.7 Å². The van der Waals surface area contributed by atoms with Gasteiger partial charge in [0.05, 0.1) is 17.4 Å². The third kappa shape index (κ3) is 5.71. The Bertz CT molecular complexity index is 1460. The third-order valence-corrected chi connectivity index (χ3v) is 6.75. The second-order valence-electron chi connectivity index (χ2n) is 9.13. The molecule has 6 nitrogen and oxygen atoms in total. The summed E-state index contributed by atoms with van der Waals surface area (Å²) in [5.41, 5.74) is 7.07. The van der Waals surface area contributed by atoms with Gasteiger partial charge in [0, 0.05) is 32.3 Å². The largest absolute Gasteiger partial charge is 0.480 e. The van der Waals surface area contributed by atoms with Crippen LogP contribution in [0.4, 0.5) is 0 Å². The molecular weight excluding hydrogens is 509 g/mol. The molecule has 37 heavy (non-hydrogen) atoms. The van der Waals surface area contributed by atoms with Crippen LogP contribution in [0.3, 0.4) is 0 Å². The molecule has 2 atom stereocenters. The summed E-state index contributed by atoms with van der Waals surface area (Å²) >= 11 is 12.6. The SMILES string of the molecule is Cc1cccc(-c2c(C)c(-c3cc(Cl)cc(Cl)c3)nn2C(C)c2ccc(C(=O)NC(C)C(=O)O)cc2)c1. The standard InChI is InChI=1S/C29H27Cl2N3O3/c1-16-6-5-7-22(12-16)27-17(2)26(23-13-24(30)15-25(31)14-23)33-34(27)19(4)20-8-10-21(11-9-20)28(35)32-18(3)29(36)37/h5-15,18-19H,1-4H3,(H,32,35)(H,36,37). The molecule has 1 amide bonds. The van der Waals surface area contributed by atoms with Gasteiger partial charge in [0.25, 0.3) is 5.91 Å². The number of aromatic nitrogens is 2. The van der Waals surface area contributed by atoms with Crippen molar-refractivity contribution in [1.82, 2.24) is 15.1 Å². The van der Waals surface area contributed by atoms with Crippen molar-refractivity contribution in [2.45, 2.75) is 39.8 Å². The zero-order valence-electron chi connectivity index (χ0n) is 20.9. The Hall–Kier alpha value is -3.61. The van der Waals surface area contributed by atoms with Crippen LogP contribution in [0.5, 0.6) is 0 Å². The Kier molecular flexibility index (Phi) is 7.71. The number of nitrogens with zero attached hydrogens (tertiary/aromatic N) is 2. The van der Waals surface area contributed by atoms with Crippen molar-refractivity contribution >= 4 is 35.1 Å². The molecule has 0 aliphatic rings. The first kappa shape index (κ1) is 26.5. The first-order valence-corrected chi connectivity index (χ1v) is 12.6. The maximum atomic E-state index is 12.4. The average Bonchev–Trinajstić information content (AvgIpc) is 3.20. The Morgan fingerprint density at radius 2 is 1.57 bits per heavy atom. The van der Waals surface area contributed by atoms with Crippen molar-refractivity contribution in [2.75, 3.05) is 0 Å². The van der Waals surface area contributed by atoms with Crippen molar-refractivity contribution in [2.24, 2.45) is 0 Å². The number of carboxylic acids is 1. The lowest BCUT2D eigenvalue weighted by Crippen LogP contribution is -2.38. The molecule has 4 aromatic rings. The summed E-state index contributed by atoms with van der Waals surface area (Å²) in [4.78, 5) is 23.5. The summed E-state index contributed by atoms with van der Waals surface area (Å²) in [6.07, 6.45) is 0. The van der Waals surface area contributed by atoms with Crippen LogP contribution in [0.15, 0.2) is 66.7 Å². The molecule has 0 aliphatic carbocycles. The molecule has 2 unspecified atom stereocenters. The highest BCUT2D eigenvalue weighted by Gasteiger charge is 2.23. The lowest BCUT2D eigenvalue weighted by Gasteiger charge is -2.18. The molecular formula is C29H27Cl2N3O3. The summed E-state index contributed by atoms with van der Waals surface area (Å²) < 4.78 is 1.98. The van der Waals surface area contributed by atoms with E-state index in [4.69, 9.17) is 33.4 Å². The van der Waals surface area contributed by atoms with Gasteiger partial charge in [0.2, 0.25) is 0 Å². The van der Waals surface area contributed by atoms with Gasteiger partial charge in [-0.05, 0) is 69.7 Å². The van der Waals surface area contributed by atoms with E-state index in [1.165, 1.54) is 6.92 Å². The minimum atomic E-state index is -1.09. The first-order chi connectivity index (χ1) is 17.5. The van der Waals surface area contributed by atoms with E-state index in [0.29, 0.717) is 15.6 Å². The minimum absolute atomic E-state index is 0.173. The summed E-state index contributed by atoms with van der Waals surface area (Å²) in [5, 5.41) is 17.6. The normalized spacial score (nSPS) is 12.7. The van der Waals surface area contributed by atoms with Gasteiger partial charge in [-0.25, -0.2) is 0 Å². The predicted octanol–water partition coefficient (Wildman–Crippen LogP) is 6.95. The molecule has 3 aromatic carbocycles. The molecule has 1 heterocycles. The van der Waals surface area contributed by atoms with E-state index in [0.717, 1.165) is 39.2 Å². The molecule has 0 bridgehead atoms. The van der Waals surface area contributed by atoms with Crippen LogP contribution >= 0.6 is 23.2 Å². The van der Waals surface area contributed by atoms with Gasteiger partial charge in [0.15, 0.2) is 0 Å². The van der Waals surface area contributed by atoms with Crippen molar-refractivity contribution in [1.29, 1.82) is 0 Å². The van der Waals surface area contributed by atoms with Gasteiger partial charge in [0.1, 0.15) is 6.04 Å². The summed E-state index contributed by atoms with van der Waals surface area (Å²) in [6.45, 7) is 7.56. The maximum absolute atomic E-state index is 12.4. The Labute approximate surface area is 225 Å². The zero-order valence-corrected chi connectivity index (χ0v) is 22.4. The highest BCUT2D eigenvalue weighted by Crippen LogP contribution is 2.37. The Morgan fingerprint density at radius 1 is 0.919 bits per heavy atom. The summed E-state index contributed by atoms with van der Waals surface area (Å²) in [5.74, 6) is -1.53. The van der Waals surface area contributed by atoms with E-state index < -0.39 is 17.9 Å². The lowest BCUT2D eigenvalue weighted by atomic mass is 10.0. The highest BCUT2D eigenvalue weighted by atomic mass is 35.5. The van der Waals surface area contributed by atoms with Gasteiger partial charge < -0.3 is 10.4 Å². The number of carboxylic acid groups (broad SMARTS) is 1. The Balaban J connectivity index is 1.77. The smallest absolute Gasteiger partial charge is 0.325 e. The Morgan fingerprint density at radius 3 is 2.16 bits per heavy atom. The van der Waals surface area contributed by atoms with Gasteiger partial charge in [-0.15, -0.1) is 0 Å².